The van der Waals surface area contributed by atoms with Crippen LogP contribution in [-0.4, -0.2) is 48.1 Å². The summed E-state index contributed by atoms with van der Waals surface area (Å²) in [5, 5.41) is 4.41. The lowest BCUT2D eigenvalue weighted by atomic mass is 9.93. The molecule has 0 aromatic carbocycles. The molecule has 2 heterocycles. The van der Waals surface area contributed by atoms with E-state index in [0.717, 1.165) is 26.1 Å². The van der Waals surface area contributed by atoms with Crippen LogP contribution >= 0.6 is 11.3 Å². The molecule has 1 aliphatic rings. The molecule has 0 spiro atoms. The minimum Gasteiger partial charge on any atom is -0.326 e. The van der Waals surface area contributed by atoms with E-state index in [4.69, 9.17) is 5.73 Å². The Labute approximate surface area is 121 Å². The first kappa shape index (κ1) is 15.0. The summed E-state index contributed by atoms with van der Waals surface area (Å²) >= 11 is 1.77. The highest BCUT2D eigenvalue weighted by Crippen LogP contribution is 2.31. The van der Waals surface area contributed by atoms with Crippen molar-refractivity contribution in [3.05, 3.63) is 22.4 Å². The molecule has 0 bridgehead atoms. The van der Waals surface area contributed by atoms with Crippen LogP contribution in [0.2, 0.25) is 0 Å². The van der Waals surface area contributed by atoms with Gasteiger partial charge < -0.3 is 5.73 Å². The summed E-state index contributed by atoms with van der Waals surface area (Å²) in [6, 6.07) is 2.81. The fourth-order valence-corrected chi connectivity index (χ4v) is 3.60. The van der Waals surface area contributed by atoms with E-state index in [1.54, 1.807) is 11.3 Å². The van der Waals surface area contributed by atoms with Gasteiger partial charge in [-0.05, 0) is 49.7 Å². The Morgan fingerprint density at radius 1 is 1.42 bits per heavy atom. The molecular weight excluding hydrogens is 254 g/mol. The highest BCUT2D eigenvalue weighted by Gasteiger charge is 2.36. The molecule has 3 nitrogen and oxygen atoms in total. The third-order valence-corrected chi connectivity index (χ3v) is 5.20. The van der Waals surface area contributed by atoms with Gasteiger partial charge in [-0.3, -0.25) is 9.80 Å². The van der Waals surface area contributed by atoms with Crippen LogP contribution in [0.4, 0.5) is 0 Å². The first-order valence-electron chi connectivity index (χ1n) is 7.18. The van der Waals surface area contributed by atoms with Gasteiger partial charge in [0.15, 0.2) is 0 Å². The van der Waals surface area contributed by atoms with E-state index in [9.17, 15) is 0 Å². The Bertz CT molecular complexity index is 388. The Balaban J connectivity index is 2.20. The zero-order chi connectivity index (χ0) is 14.0. The van der Waals surface area contributed by atoms with Crippen LogP contribution in [-0.2, 0) is 0 Å². The van der Waals surface area contributed by atoms with Crippen LogP contribution < -0.4 is 5.73 Å². The average molecular weight is 281 g/mol. The summed E-state index contributed by atoms with van der Waals surface area (Å²) in [7, 11) is 2.22. The molecule has 19 heavy (non-hydrogen) atoms. The maximum Gasteiger partial charge on any atom is 0.0508 e. The maximum atomic E-state index is 6.41. The van der Waals surface area contributed by atoms with Crippen LogP contribution in [0, 0.1) is 0 Å². The summed E-state index contributed by atoms with van der Waals surface area (Å²) < 4.78 is 0. The predicted octanol–water partition coefficient (Wildman–Crippen LogP) is 2.55. The summed E-state index contributed by atoms with van der Waals surface area (Å²) in [5.41, 5.74) is 8.02. The van der Waals surface area contributed by atoms with E-state index in [1.807, 2.05) is 0 Å². The number of likely N-dealkylation sites (N-methyl/N-ethyl adjacent to an activating group) is 1. The second-order valence-electron chi connectivity index (χ2n) is 6.28. The molecular formula is C15H27N3S. The first-order chi connectivity index (χ1) is 8.95. The molecule has 2 unspecified atom stereocenters. The third-order valence-electron chi connectivity index (χ3n) is 4.50. The number of nitrogens with two attached hydrogens (primary N) is 1. The lowest BCUT2D eigenvalue weighted by molar-refractivity contribution is 0.00965. The van der Waals surface area contributed by atoms with Crippen LogP contribution in [0.1, 0.15) is 38.8 Å². The Morgan fingerprint density at radius 2 is 2.16 bits per heavy atom. The Kier molecular flexibility index (Phi) is 4.66. The van der Waals surface area contributed by atoms with Gasteiger partial charge in [0.05, 0.1) is 6.04 Å². The molecule has 2 rings (SSSR count). The summed E-state index contributed by atoms with van der Waals surface area (Å²) in [6.07, 6.45) is 1.02. The predicted molar refractivity (Wildman–Crippen MR) is 83.6 cm³/mol. The molecule has 1 saturated heterocycles. The van der Waals surface area contributed by atoms with Crippen molar-refractivity contribution in [1.29, 1.82) is 0 Å². The number of hydrogen-bond donors (Lipinski definition) is 1. The van der Waals surface area contributed by atoms with Crippen LogP contribution in [0.25, 0.3) is 0 Å². The molecule has 0 amide bonds. The zero-order valence-electron chi connectivity index (χ0n) is 12.6. The van der Waals surface area contributed by atoms with Gasteiger partial charge in [-0.25, -0.2) is 0 Å². The van der Waals surface area contributed by atoms with Crippen molar-refractivity contribution in [3.63, 3.8) is 0 Å². The number of nitrogens with zero attached hydrogens (tertiary/aromatic N) is 2. The van der Waals surface area contributed by atoms with Gasteiger partial charge in [0, 0.05) is 31.2 Å². The highest BCUT2D eigenvalue weighted by atomic mass is 32.1. The lowest BCUT2D eigenvalue weighted by Gasteiger charge is -2.49. The number of rotatable bonds is 4. The van der Waals surface area contributed by atoms with Crippen molar-refractivity contribution in [1.82, 2.24) is 9.80 Å². The number of hydrogen-bond acceptors (Lipinski definition) is 4. The summed E-state index contributed by atoms with van der Waals surface area (Å²) in [4.78, 5) is 5.03. The van der Waals surface area contributed by atoms with Crippen molar-refractivity contribution < 1.29 is 0 Å². The van der Waals surface area contributed by atoms with E-state index in [-0.39, 0.29) is 11.6 Å². The molecule has 0 aliphatic carbocycles. The quantitative estimate of drug-likeness (QED) is 0.920. The van der Waals surface area contributed by atoms with Gasteiger partial charge in [0.1, 0.15) is 0 Å². The molecule has 108 valence electrons. The lowest BCUT2D eigenvalue weighted by Crippen LogP contribution is -2.59. The van der Waals surface area contributed by atoms with Crippen molar-refractivity contribution in [2.45, 2.75) is 44.8 Å². The van der Waals surface area contributed by atoms with Gasteiger partial charge in [0.25, 0.3) is 0 Å². The maximum absolute atomic E-state index is 6.41. The van der Waals surface area contributed by atoms with E-state index < -0.39 is 0 Å². The minimum atomic E-state index is 0.216. The SMILES string of the molecule is CCC(N)C(c1ccsc1)N1CCN(C)C(C)(C)C1. The fraction of sp³-hybridized carbons (Fsp3) is 0.733. The number of piperazine rings is 1. The molecule has 1 fully saturated rings. The highest BCUT2D eigenvalue weighted by molar-refractivity contribution is 7.07. The van der Waals surface area contributed by atoms with Gasteiger partial charge in [-0.1, -0.05) is 6.92 Å². The van der Waals surface area contributed by atoms with E-state index in [2.05, 4.69) is 54.4 Å². The second kappa shape index (κ2) is 5.92. The minimum absolute atomic E-state index is 0.216. The molecule has 1 aromatic heterocycles. The molecule has 1 aliphatic heterocycles. The topological polar surface area (TPSA) is 32.5 Å². The van der Waals surface area contributed by atoms with Crippen molar-refractivity contribution in [2.75, 3.05) is 26.7 Å². The largest absolute Gasteiger partial charge is 0.326 e. The monoisotopic (exact) mass is 281 g/mol. The van der Waals surface area contributed by atoms with E-state index in [0.29, 0.717) is 6.04 Å². The van der Waals surface area contributed by atoms with Gasteiger partial charge in [-0.15, -0.1) is 0 Å². The summed E-state index contributed by atoms with van der Waals surface area (Å²) in [5.74, 6) is 0. The van der Waals surface area contributed by atoms with Crippen molar-refractivity contribution in [3.8, 4) is 0 Å². The molecule has 2 N–H and O–H groups in total. The van der Waals surface area contributed by atoms with Crippen LogP contribution in [0.15, 0.2) is 16.8 Å². The van der Waals surface area contributed by atoms with Crippen LogP contribution in [0.3, 0.4) is 0 Å². The third kappa shape index (κ3) is 3.19. The first-order valence-corrected chi connectivity index (χ1v) is 8.13. The average Bonchev–Trinajstić information content (AvgIpc) is 2.87. The second-order valence-corrected chi connectivity index (χ2v) is 7.06. The van der Waals surface area contributed by atoms with E-state index >= 15 is 0 Å². The van der Waals surface area contributed by atoms with Gasteiger partial charge >= 0.3 is 0 Å². The number of thiophene rings is 1. The summed E-state index contributed by atoms with van der Waals surface area (Å²) in [6.45, 7) is 10.1. The standard InChI is InChI=1S/C15H27N3S/c1-5-13(16)14(12-6-9-19-10-12)18-8-7-17(4)15(2,3)11-18/h6,9-10,13-14H,5,7-8,11,16H2,1-4H3. The molecule has 1 aromatic rings. The van der Waals surface area contributed by atoms with E-state index in [1.165, 1.54) is 5.56 Å². The smallest absolute Gasteiger partial charge is 0.0508 e. The zero-order valence-corrected chi connectivity index (χ0v) is 13.4. The van der Waals surface area contributed by atoms with Gasteiger partial charge in [-0.2, -0.15) is 11.3 Å². The van der Waals surface area contributed by atoms with Crippen molar-refractivity contribution >= 4 is 11.3 Å². The molecule has 0 saturated carbocycles. The van der Waals surface area contributed by atoms with Crippen LogP contribution in [0.5, 0.6) is 0 Å². The molecule has 0 radical (unpaired) electrons. The normalized spacial score (nSPS) is 24.3. The fourth-order valence-electron chi connectivity index (χ4n) is 2.91. The Hall–Kier alpha value is -0.420. The van der Waals surface area contributed by atoms with Gasteiger partial charge in [0.2, 0.25) is 0 Å². The molecule has 2 atom stereocenters. The Morgan fingerprint density at radius 3 is 2.68 bits per heavy atom. The molecule has 4 heteroatoms. The van der Waals surface area contributed by atoms with Crippen molar-refractivity contribution in [2.24, 2.45) is 5.73 Å².